The molecule has 0 radical (unpaired) electrons. The Morgan fingerprint density at radius 2 is 2.18 bits per heavy atom. The van der Waals surface area contributed by atoms with Gasteiger partial charge < -0.3 is 0 Å². The van der Waals surface area contributed by atoms with Crippen molar-refractivity contribution in [2.24, 2.45) is 11.0 Å². The summed E-state index contributed by atoms with van der Waals surface area (Å²) in [6.07, 6.45) is -3.49. The van der Waals surface area contributed by atoms with Crippen LogP contribution in [0, 0.1) is 5.92 Å². The molecule has 1 rings (SSSR count). The van der Waals surface area contributed by atoms with Crippen molar-refractivity contribution in [2.75, 3.05) is 13.2 Å². The van der Waals surface area contributed by atoms with Crippen molar-refractivity contribution in [3.63, 3.8) is 0 Å². The molecule has 6 heteroatoms. The first-order chi connectivity index (χ1) is 5.04. The van der Waals surface area contributed by atoms with E-state index in [0.717, 1.165) is 6.21 Å². The lowest BCUT2D eigenvalue weighted by Gasteiger charge is -2.17. The number of nitrogens with zero attached hydrogens (tertiary/aromatic N) is 2. The van der Waals surface area contributed by atoms with Gasteiger partial charge in [-0.25, -0.2) is 5.01 Å². The smallest absolute Gasteiger partial charge is 0.250 e. The Labute approximate surface area is 60.5 Å². The van der Waals surface area contributed by atoms with Gasteiger partial charge in [-0.2, -0.15) is 5.10 Å². The first-order valence-corrected chi connectivity index (χ1v) is 2.98. The highest BCUT2D eigenvalue weighted by atomic mass is 19.4. The average molecular weight is 170 g/mol. The molecule has 0 saturated heterocycles. The number of hydrogen-bond donors (Lipinski definition) is 0. The predicted octanol–water partition coefficient (Wildman–Crippen LogP) is 1.39. The topological polar surface area (TPSA) is 15.6 Å². The summed E-state index contributed by atoms with van der Waals surface area (Å²) in [4.78, 5) is 0. The zero-order chi connectivity index (χ0) is 8.48. The van der Waals surface area contributed by atoms with Crippen LogP contribution in [0.4, 0.5) is 17.6 Å². The van der Waals surface area contributed by atoms with E-state index in [1.807, 2.05) is 0 Å². The Morgan fingerprint density at radius 1 is 1.55 bits per heavy atom. The normalized spacial score (nSPS) is 24.7. The van der Waals surface area contributed by atoms with E-state index >= 15 is 0 Å². The number of hydrogen-bond acceptors (Lipinski definition) is 2. The molecule has 1 unspecified atom stereocenters. The Bertz CT molecular complexity index is 164. The van der Waals surface area contributed by atoms with Crippen molar-refractivity contribution >= 4 is 6.21 Å². The van der Waals surface area contributed by atoms with Crippen LogP contribution < -0.4 is 0 Å². The molecule has 1 heterocycles. The minimum atomic E-state index is -4.47. The Balaban J connectivity index is 2.50. The molecule has 1 aliphatic rings. The summed E-state index contributed by atoms with van der Waals surface area (Å²) in [6, 6.07) is 0. The van der Waals surface area contributed by atoms with E-state index < -0.39 is 25.4 Å². The molecule has 2 nitrogen and oxygen atoms in total. The summed E-state index contributed by atoms with van der Waals surface area (Å²) >= 11 is 0. The van der Waals surface area contributed by atoms with Crippen LogP contribution in [0.15, 0.2) is 5.10 Å². The highest BCUT2D eigenvalue weighted by Gasteiger charge is 2.40. The van der Waals surface area contributed by atoms with Crippen molar-refractivity contribution < 1.29 is 17.6 Å². The zero-order valence-corrected chi connectivity index (χ0v) is 5.48. The van der Waals surface area contributed by atoms with Crippen LogP contribution >= 0.6 is 0 Å². The second-order valence-corrected chi connectivity index (χ2v) is 2.23. The Hall–Kier alpha value is -0.810. The average Bonchev–Trinajstić information content (AvgIpc) is 2.32. The lowest BCUT2D eigenvalue weighted by Crippen LogP contribution is -2.33. The quantitative estimate of drug-likeness (QED) is 0.429. The van der Waals surface area contributed by atoms with Crippen molar-refractivity contribution in [3.05, 3.63) is 0 Å². The molecule has 0 N–H and O–H groups in total. The van der Waals surface area contributed by atoms with Gasteiger partial charge in [0.15, 0.2) is 0 Å². The number of hydrazone groups is 1. The lowest BCUT2D eigenvalue weighted by atomic mass is 10.2. The first-order valence-electron chi connectivity index (χ1n) is 2.98. The molecular weight excluding hydrogens is 164 g/mol. The van der Waals surface area contributed by atoms with E-state index in [9.17, 15) is 17.6 Å². The van der Waals surface area contributed by atoms with Crippen LogP contribution in [0.5, 0.6) is 0 Å². The molecule has 0 bridgehead atoms. The highest BCUT2D eigenvalue weighted by molar-refractivity contribution is 5.62. The molecule has 0 aromatic carbocycles. The highest BCUT2D eigenvalue weighted by Crippen LogP contribution is 2.25. The third kappa shape index (κ3) is 1.81. The fourth-order valence-electron chi connectivity index (χ4n) is 0.749. The van der Waals surface area contributed by atoms with Crippen molar-refractivity contribution in [3.8, 4) is 0 Å². The van der Waals surface area contributed by atoms with Crippen LogP contribution in [-0.2, 0) is 0 Å². The third-order valence-electron chi connectivity index (χ3n) is 1.32. The first kappa shape index (κ1) is 8.29. The molecule has 0 aliphatic carbocycles. The molecule has 1 aliphatic heterocycles. The number of halogens is 4. The molecule has 0 aromatic heterocycles. The second kappa shape index (κ2) is 2.67. The van der Waals surface area contributed by atoms with Gasteiger partial charge in [-0.3, -0.25) is 4.39 Å². The van der Waals surface area contributed by atoms with E-state index in [4.69, 9.17) is 0 Å². The molecular formula is C5H6F4N2. The van der Waals surface area contributed by atoms with Crippen LogP contribution in [0.25, 0.3) is 0 Å². The van der Waals surface area contributed by atoms with Gasteiger partial charge >= 0.3 is 6.30 Å². The summed E-state index contributed by atoms with van der Waals surface area (Å²) in [5.41, 5.74) is 0. The van der Waals surface area contributed by atoms with Gasteiger partial charge in [0, 0.05) is 12.1 Å². The van der Waals surface area contributed by atoms with Gasteiger partial charge in [-0.1, -0.05) is 0 Å². The zero-order valence-electron chi connectivity index (χ0n) is 5.48. The molecule has 0 aromatic rings. The Kier molecular flexibility index (Phi) is 2.01. The van der Waals surface area contributed by atoms with Gasteiger partial charge in [-0.05, 0) is 0 Å². The van der Waals surface area contributed by atoms with Gasteiger partial charge in [0.05, 0.1) is 13.2 Å². The number of alkyl halides is 4. The maximum atomic E-state index is 11.8. The summed E-state index contributed by atoms with van der Waals surface area (Å²) in [7, 11) is 0. The largest absolute Gasteiger partial charge is 0.500 e. The van der Waals surface area contributed by atoms with Crippen molar-refractivity contribution in [2.45, 2.75) is 6.30 Å². The molecule has 11 heavy (non-hydrogen) atoms. The molecule has 64 valence electrons. The third-order valence-corrected chi connectivity index (χ3v) is 1.32. The molecule has 0 amide bonds. The van der Waals surface area contributed by atoms with Crippen molar-refractivity contribution in [1.82, 2.24) is 5.01 Å². The van der Waals surface area contributed by atoms with Crippen LogP contribution in [0.2, 0.25) is 0 Å². The minimum Gasteiger partial charge on any atom is -0.250 e. The van der Waals surface area contributed by atoms with Gasteiger partial charge in [-0.15, -0.1) is 13.2 Å². The molecule has 1 atom stereocenters. The van der Waals surface area contributed by atoms with Gasteiger partial charge in [0.2, 0.25) is 0 Å². The van der Waals surface area contributed by atoms with Crippen molar-refractivity contribution in [1.29, 1.82) is 0 Å². The van der Waals surface area contributed by atoms with E-state index in [1.54, 1.807) is 0 Å². The lowest BCUT2D eigenvalue weighted by molar-refractivity contribution is -0.244. The van der Waals surface area contributed by atoms with E-state index in [1.165, 1.54) is 0 Å². The summed E-state index contributed by atoms with van der Waals surface area (Å²) < 4.78 is 47.1. The fraction of sp³-hybridized carbons (Fsp3) is 0.800. The van der Waals surface area contributed by atoms with Gasteiger partial charge in [0.25, 0.3) is 0 Å². The van der Waals surface area contributed by atoms with Crippen LogP contribution in [0.1, 0.15) is 0 Å². The van der Waals surface area contributed by atoms with E-state index in [0.29, 0.717) is 0 Å². The van der Waals surface area contributed by atoms with Crippen LogP contribution in [-0.4, -0.2) is 30.7 Å². The molecule has 0 fully saturated rings. The molecule has 0 saturated carbocycles. The number of rotatable bonds is 1. The predicted molar refractivity (Wildman–Crippen MR) is 30.7 cm³/mol. The minimum absolute atomic E-state index is 0.0722. The molecule has 0 spiro atoms. The maximum Gasteiger partial charge on any atom is 0.500 e. The van der Waals surface area contributed by atoms with E-state index in [2.05, 4.69) is 5.10 Å². The SMILES string of the molecule is FCC1C=NN(C(F)(F)F)C1. The Morgan fingerprint density at radius 3 is 2.45 bits per heavy atom. The summed E-state index contributed by atoms with van der Waals surface area (Å²) in [6.45, 7) is -1.20. The van der Waals surface area contributed by atoms with Gasteiger partial charge in [0.1, 0.15) is 0 Å². The van der Waals surface area contributed by atoms with E-state index in [-0.39, 0.29) is 5.01 Å². The second-order valence-electron chi connectivity index (χ2n) is 2.23. The van der Waals surface area contributed by atoms with Crippen LogP contribution in [0.3, 0.4) is 0 Å². The fourth-order valence-corrected chi connectivity index (χ4v) is 0.749. The summed E-state index contributed by atoms with van der Waals surface area (Å²) in [5, 5.41) is 2.93. The maximum absolute atomic E-state index is 11.8. The standard InChI is InChI=1S/C5H6F4N2/c6-1-4-2-10-11(3-4)5(7,8)9/h2,4H,1,3H2. The summed E-state index contributed by atoms with van der Waals surface area (Å²) in [5.74, 6) is -0.711. The monoisotopic (exact) mass is 170 g/mol.